The van der Waals surface area contributed by atoms with E-state index in [0.29, 0.717) is 5.75 Å². The maximum atomic E-state index is 11.8. The highest BCUT2D eigenvalue weighted by Crippen LogP contribution is 2.26. The first-order chi connectivity index (χ1) is 9.58. The molecule has 5 nitrogen and oxygen atoms in total. The van der Waals surface area contributed by atoms with Crippen LogP contribution in [0.15, 0.2) is 28.7 Å². The summed E-state index contributed by atoms with van der Waals surface area (Å²) in [5, 5.41) is 2.82. The largest absolute Gasteiger partial charge is 0.483 e. The second-order valence-electron chi connectivity index (χ2n) is 4.83. The predicted octanol–water partition coefficient (Wildman–Crippen LogP) is 1.60. The van der Waals surface area contributed by atoms with Crippen molar-refractivity contribution >= 4 is 27.7 Å². The number of carbonyl (C=O) groups is 2. The van der Waals surface area contributed by atoms with Gasteiger partial charge in [-0.1, -0.05) is 18.6 Å². The van der Waals surface area contributed by atoms with Crippen molar-refractivity contribution in [3.8, 4) is 5.75 Å². The highest BCUT2D eigenvalue weighted by molar-refractivity contribution is 9.10. The van der Waals surface area contributed by atoms with Crippen LogP contribution in [0.2, 0.25) is 0 Å². The Balaban J connectivity index is 1.84. The van der Waals surface area contributed by atoms with E-state index in [0.717, 1.165) is 23.7 Å². The molecular formula is C14H17BrN2O3. The van der Waals surface area contributed by atoms with Gasteiger partial charge in [0, 0.05) is 6.04 Å². The Bertz CT molecular complexity index is 507. The minimum Gasteiger partial charge on any atom is -0.483 e. The number of nitrogens with one attached hydrogen (secondary N) is 1. The molecule has 1 saturated carbocycles. The minimum absolute atomic E-state index is 0.0788. The molecule has 1 aliphatic rings. The third-order valence-corrected chi connectivity index (χ3v) is 4.08. The number of amides is 2. The Morgan fingerprint density at radius 2 is 2.10 bits per heavy atom. The third kappa shape index (κ3) is 3.72. The monoisotopic (exact) mass is 340 g/mol. The van der Waals surface area contributed by atoms with Crippen LogP contribution in [-0.4, -0.2) is 24.5 Å². The average Bonchev–Trinajstić information content (AvgIpc) is 2.86. The fraction of sp³-hybridized carbons (Fsp3) is 0.429. The van der Waals surface area contributed by atoms with Gasteiger partial charge in [0.05, 0.1) is 10.4 Å². The molecule has 0 aliphatic heterocycles. The van der Waals surface area contributed by atoms with Gasteiger partial charge in [-0.2, -0.15) is 0 Å². The standard InChI is InChI=1S/C14H17BrN2O3/c15-10-5-1-2-7-12(10)20-8-13(18)17-11-6-3-4-9(11)14(16)19/h1-2,5,7,9,11H,3-4,6,8H2,(H2,16,19)(H,17,18)/t9-,11+/m0/s1. The molecule has 0 bridgehead atoms. The van der Waals surface area contributed by atoms with Crippen LogP contribution in [0.25, 0.3) is 0 Å². The van der Waals surface area contributed by atoms with Gasteiger partial charge in [0.1, 0.15) is 5.75 Å². The molecule has 1 aromatic rings. The van der Waals surface area contributed by atoms with Crippen molar-refractivity contribution < 1.29 is 14.3 Å². The maximum absolute atomic E-state index is 11.8. The van der Waals surface area contributed by atoms with Gasteiger partial charge in [-0.15, -0.1) is 0 Å². The van der Waals surface area contributed by atoms with Gasteiger partial charge < -0.3 is 15.8 Å². The van der Waals surface area contributed by atoms with Crippen LogP contribution in [0.5, 0.6) is 5.75 Å². The van der Waals surface area contributed by atoms with Crippen LogP contribution in [0, 0.1) is 5.92 Å². The van der Waals surface area contributed by atoms with E-state index in [2.05, 4.69) is 21.2 Å². The molecule has 0 saturated heterocycles. The second-order valence-corrected chi connectivity index (χ2v) is 5.69. The molecule has 0 aromatic heterocycles. The van der Waals surface area contributed by atoms with E-state index in [4.69, 9.17) is 10.5 Å². The van der Waals surface area contributed by atoms with E-state index in [1.807, 2.05) is 18.2 Å². The van der Waals surface area contributed by atoms with Gasteiger partial charge >= 0.3 is 0 Å². The van der Waals surface area contributed by atoms with Gasteiger partial charge in [-0.25, -0.2) is 0 Å². The van der Waals surface area contributed by atoms with Crippen LogP contribution < -0.4 is 15.8 Å². The van der Waals surface area contributed by atoms with Crippen molar-refractivity contribution in [3.63, 3.8) is 0 Å². The summed E-state index contributed by atoms with van der Waals surface area (Å²) in [6, 6.07) is 7.15. The Hall–Kier alpha value is -1.56. The Kier molecular flexibility index (Phi) is 5.00. The number of para-hydroxylation sites is 1. The molecule has 6 heteroatoms. The average molecular weight is 341 g/mol. The Labute approximate surface area is 126 Å². The van der Waals surface area contributed by atoms with Crippen LogP contribution in [0.1, 0.15) is 19.3 Å². The second kappa shape index (κ2) is 6.74. The molecule has 1 aliphatic carbocycles. The van der Waals surface area contributed by atoms with Crippen LogP contribution in [-0.2, 0) is 9.59 Å². The molecule has 2 rings (SSSR count). The summed E-state index contributed by atoms with van der Waals surface area (Å²) in [5.41, 5.74) is 5.32. The molecule has 0 radical (unpaired) electrons. The van der Waals surface area contributed by atoms with E-state index in [1.54, 1.807) is 6.07 Å². The predicted molar refractivity (Wildman–Crippen MR) is 78.1 cm³/mol. The molecule has 0 heterocycles. The molecular weight excluding hydrogens is 324 g/mol. The fourth-order valence-corrected chi connectivity index (χ4v) is 2.83. The minimum atomic E-state index is -0.348. The molecule has 2 amide bonds. The summed E-state index contributed by atoms with van der Waals surface area (Å²) < 4.78 is 6.22. The Morgan fingerprint density at radius 3 is 2.80 bits per heavy atom. The van der Waals surface area contributed by atoms with E-state index in [9.17, 15) is 9.59 Å². The van der Waals surface area contributed by atoms with Crippen molar-refractivity contribution in [1.82, 2.24) is 5.32 Å². The smallest absolute Gasteiger partial charge is 0.258 e. The summed E-state index contributed by atoms with van der Waals surface area (Å²) in [6.45, 7) is -0.0788. The lowest BCUT2D eigenvalue weighted by Crippen LogP contribution is -2.44. The lowest BCUT2D eigenvalue weighted by molar-refractivity contribution is -0.125. The summed E-state index contributed by atoms with van der Waals surface area (Å²) in [5.74, 6) is -0.235. The summed E-state index contributed by atoms with van der Waals surface area (Å²) in [7, 11) is 0. The summed E-state index contributed by atoms with van der Waals surface area (Å²) in [4.78, 5) is 23.1. The number of halogens is 1. The van der Waals surface area contributed by atoms with E-state index < -0.39 is 0 Å². The van der Waals surface area contributed by atoms with Gasteiger partial charge in [0.2, 0.25) is 5.91 Å². The zero-order chi connectivity index (χ0) is 14.5. The lowest BCUT2D eigenvalue weighted by Gasteiger charge is -2.18. The third-order valence-electron chi connectivity index (χ3n) is 3.42. The molecule has 20 heavy (non-hydrogen) atoms. The van der Waals surface area contributed by atoms with Gasteiger partial charge in [-0.05, 0) is 40.9 Å². The summed E-state index contributed by atoms with van der Waals surface area (Å²) >= 11 is 3.35. The molecule has 0 spiro atoms. The first kappa shape index (κ1) is 14.8. The van der Waals surface area contributed by atoms with Crippen LogP contribution in [0.3, 0.4) is 0 Å². The number of benzene rings is 1. The van der Waals surface area contributed by atoms with Crippen molar-refractivity contribution in [1.29, 1.82) is 0 Å². The topological polar surface area (TPSA) is 81.4 Å². The highest BCUT2D eigenvalue weighted by atomic mass is 79.9. The number of carbonyl (C=O) groups excluding carboxylic acids is 2. The van der Waals surface area contributed by atoms with E-state index in [1.165, 1.54) is 0 Å². The molecule has 0 unspecified atom stereocenters. The molecule has 3 N–H and O–H groups in total. The normalized spacial score (nSPS) is 21.4. The first-order valence-electron chi connectivity index (χ1n) is 6.54. The number of primary amides is 1. The van der Waals surface area contributed by atoms with E-state index in [-0.39, 0.29) is 30.4 Å². The quantitative estimate of drug-likeness (QED) is 0.854. The highest BCUT2D eigenvalue weighted by Gasteiger charge is 2.32. The lowest BCUT2D eigenvalue weighted by atomic mass is 10.0. The number of rotatable bonds is 5. The fourth-order valence-electron chi connectivity index (χ4n) is 2.43. The SMILES string of the molecule is NC(=O)[C@H]1CCC[C@H]1NC(=O)COc1ccccc1Br. The molecule has 1 aromatic carbocycles. The van der Waals surface area contributed by atoms with Crippen LogP contribution in [0.4, 0.5) is 0 Å². The zero-order valence-electron chi connectivity index (χ0n) is 11.0. The number of hydrogen-bond donors (Lipinski definition) is 2. The summed E-state index contributed by atoms with van der Waals surface area (Å²) in [6.07, 6.45) is 2.43. The molecule has 2 atom stereocenters. The van der Waals surface area contributed by atoms with Crippen molar-refractivity contribution in [2.45, 2.75) is 25.3 Å². The zero-order valence-corrected chi connectivity index (χ0v) is 12.6. The van der Waals surface area contributed by atoms with Crippen molar-refractivity contribution in [3.05, 3.63) is 28.7 Å². The van der Waals surface area contributed by atoms with Gasteiger partial charge in [-0.3, -0.25) is 9.59 Å². The van der Waals surface area contributed by atoms with E-state index >= 15 is 0 Å². The number of hydrogen-bond acceptors (Lipinski definition) is 3. The van der Waals surface area contributed by atoms with Gasteiger partial charge in [0.15, 0.2) is 6.61 Å². The molecule has 1 fully saturated rings. The number of nitrogens with two attached hydrogens (primary N) is 1. The first-order valence-corrected chi connectivity index (χ1v) is 7.33. The van der Waals surface area contributed by atoms with Crippen molar-refractivity contribution in [2.75, 3.05) is 6.61 Å². The Morgan fingerprint density at radius 1 is 1.35 bits per heavy atom. The maximum Gasteiger partial charge on any atom is 0.258 e. The molecule has 108 valence electrons. The number of ether oxygens (including phenoxy) is 1. The van der Waals surface area contributed by atoms with Crippen molar-refractivity contribution in [2.24, 2.45) is 11.7 Å². The van der Waals surface area contributed by atoms with Crippen LogP contribution >= 0.6 is 15.9 Å². The van der Waals surface area contributed by atoms with Gasteiger partial charge in [0.25, 0.3) is 5.91 Å².